The maximum Gasteiger partial charge on any atom is 0.259 e. The molecule has 0 aliphatic carbocycles. The van der Waals surface area contributed by atoms with Gasteiger partial charge in [-0.1, -0.05) is 0 Å². The monoisotopic (exact) mass is 584 g/mol. The van der Waals surface area contributed by atoms with Gasteiger partial charge >= 0.3 is 0 Å². The van der Waals surface area contributed by atoms with Gasteiger partial charge in [0.1, 0.15) is 40.8 Å². The third-order valence-corrected chi connectivity index (χ3v) is 6.90. The average molecular weight is 585 g/mol. The number of ether oxygens (including phenoxy) is 2. The predicted octanol–water partition coefficient (Wildman–Crippen LogP) is 6.14. The first-order chi connectivity index (χ1) is 20.7. The summed E-state index contributed by atoms with van der Waals surface area (Å²) in [4.78, 5) is 35.5. The Hall–Kier alpha value is -5.03. The highest BCUT2D eigenvalue weighted by Crippen LogP contribution is 2.32. The zero-order valence-electron chi connectivity index (χ0n) is 24.2. The molecular formula is C32H33FN6O4. The Morgan fingerprint density at radius 3 is 2.53 bits per heavy atom. The Kier molecular flexibility index (Phi) is 9.11. The van der Waals surface area contributed by atoms with E-state index in [-0.39, 0.29) is 12.0 Å². The fraction of sp³-hybridized carbons (Fsp3) is 0.250. The molecule has 2 aromatic heterocycles. The van der Waals surface area contributed by atoms with Crippen LogP contribution in [0.15, 0.2) is 73.1 Å². The van der Waals surface area contributed by atoms with Gasteiger partial charge in [-0.2, -0.15) is 0 Å². The van der Waals surface area contributed by atoms with Crippen LogP contribution in [0.25, 0.3) is 0 Å². The van der Waals surface area contributed by atoms with Crippen molar-refractivity contribution in [3.8, 4) is 17.2 Å². The zero-order chi connectivity index (χ0) is 30.3. The van der Waals surface area contributed by atoms with Crippen LogP contribution in [-0.4, -0.2) is 52.9 Å². The molecule has 0 radical (unpaired) electrons. The largest absolute Gasteiger partial charge is 0.488 e. The number of aromatic nitrogens is 2. The molecule has 1 aliphatic rings. The van der Waals surface area contributed by atoms with Crippen molar-refractivity contribution in [1.82, 2.24) is 14.9 Å². The van der Waals surface area contributed by atoms with E-state index in [9.17, 15) is 14.0 Å². The molecule has 11 heteroatoms. The number of rotatable bonds is 9. The van der Waals surface area contributed by atoms with Gasteiger partial charge < -0.3 is 30.3 Å². The quantitative estimate of drug-likeness (QED) is 0.215. The molecule has 0 bridgehead atoms. The number of carbonyl (C=O) groups is 2. The summed E-state index contributed by atoms with van der Waals surface area (Å²) in [7, 11) is 2.06. The molecule has 5 rings (SSSR count). The van der Waals surface area contributed by atoms with Crippen molar-refractivity contribution in [3.05, 3.63) is 90.0 Å². The van der Waals surface area contributed by atoms with Crippen molar-refractivity contribution >= 4 is 34.8 Å². The molecule has 1 fully saturated rings. The second-order valence-electron chi connectivity index (χ2n) is 10.4. The standard InChI is InChI=1S/C32H33FN6O4/c1-20-17-23(7-9-28(20)43-25-10-14-34-30(19-25)36-21(2)40)37-31-26(5-4-13-35-31)32(41)38-27-8-6-22(33)18-29(27)42-24-11-15-39(3)16-12-24/h4-10,13-14,17-19,24H,11-12,15-16H2,1-3H3,(H,35,37)(H,38,41)(H,34,36,40). The molecule has 1 saturated heterocycles. The molecule has 0 unspecified atom stereocenters. The second-order valence-corrected chi connectivity index (χ2v) is 10.4. The van der Waals surface area contributed by atoms with Gasteiger partial charge in [0.05, 0.1) is 11.3 Å². The third kappa shape index (κ3) is 7.83. The zero-order valence-corrected chi connectivity index (χ0v) is 24.2. The number of pyridine rings is 2. The van der Waals surface area contributed by atoms with E-state index in [2.05, 4.69) is 37.9 Å². The Labute approximate surface area is 249 Å². The number of amides is 2. The molecule has 3 heterocycles. The molecular weight excluding hydrogens is 551 g/mol. The highest BCUT2D eigenvalue weighted by Gasteiger charge is 2.21. The summed E-state index contributed by atoms with van der Waals surface area (Å²) in [5.74, 6) is 1.09. The lowest BCUT2D eigenvalue weighted by atomic mass is 10.1. The van der Waals surface area contributed by atoms with Crippen molar-refractivity contribution in [3.63, 3.8) is 0 Å². The van der Waals surface area contributed by atoms with E-state index < -0.39 is 11.7 Å². The SMILES string of the molecule is CC(=O)Nc1cc(Oc2ccc(Nc3ncccc3C(=O)Nc3ccc(F)cc3OC3CCN(C)CC3)cc2C)ccn1. The average Bonchev–Trinajstić information content (AvgIpc) is 2.97. The van der Waals surface area contributed by atoms with E-state index in [0.29, 0.717) is 45.8 Å². The molecule has 0 atom stereocenters. The minimum atomic E-state index is -0.440. The highest BCUT2D eigenvalue weighted by atomic mass is 19.1. The minimum Gasteiger partial charge on any atom is -0.488 e. The van der Waals surface area contributed by atoms with Gasteiger partial charge in [0, 0.05) is 50.2 Å². The summed E-state index contributed by atoms with van der Waals surface area (Å²) in [5.41, 5.74) is 2.21. The maximum absolute atomic E-state index is 14.1. The Morgan fingerprint density at radius 1 is 0.953 bits per heavy atom. The van der Waals surface area contributed by atoms with Crippen molar-refractivity contribution in [2.24, 2.45) is 0 Å². The van der Waals surface area contributed by atoms with E-state index in [4.69, 9.17) is 9.47 Å². The van der Waals surface area contributed by atoms with Crippen molar-refractivity contribution in [2.75, 3.05) is 36.1 Å². The number of hydrogen-bond acceptors (Lipinski definition) is 8. The summed E-state index contributed by atoms with van der Waals surface area (Å²) in [6, 6.07) is 16.2. The normalized spacial score (nSPS) is 13.7. The topological polar surface area (TPSA) is 118 Å². The van der Waals surface area contributed by atoms with Crippen molar-refractivity contribution in [1.29, 1.82) is 0 Å². The number of nitrogens with one attached hydrogen (secondary N) is 3. The van der Waals surface area contributed by atoms with Crippen LogP contribution in [0.5, 0.6) is 17.2 Å². The first-order valence-corrected chi connectivity index (χ1v) is 13.9. The van der Waals surface area contributed by atoms with Crippen LogP contribution in [-0.2, 0) is 4.79 Å². The lowest BCUT2D eigenvalue weighted by Gasteiger charge is -2.30. The third-order valence-electron chi connectivity index (χ3n) is 6.90. The van der Waals surface area contributed by atoms with Gasteiger partial charge in [-0.3, -0.25) is 9.59 Å². The van der Waals surface area contributed by atoms with Gasteiger partial charge in [-0.05, 0) is 80.9 Å². The van der Waals surface area contributed by atoms with Crippen LogP contribution in [0.1, 0.15) is 35.7 Å². The van der Waals surface area contributed by atoms with Crippen LogP contribution >= 0.6 is 0 Å². The summed E-state index contributed by atoms with van der Waals surface area (Å²) >= 11 is 0. The number of piperidine rings is 1. The summed E-state index contributed by atoms with van der Waals surface area (Å²) in [6.07, 6.45) is 4.72. The molecule has 1 aliphatic heterocycles. The van der Waals surface area contributed by atoms with Gasteiger partial charge in [0.2, 0.25) is 5.91 Å². The fourth-order valence-electron chi connectivity index (χ4n) is 4.69. The van der Waals surface area contributed by atoms with E-state index >= 15 is 0 Å². The minimum absolute atomic E-state index is 0.0581. The Balaban J connectivity index is 1.29. The van der Waals surface area contributed by atoms with E-state index in [1.54, 1.807) is 42.7 Å². The van der Waals surface area contributed by atoms with Crippen molar-refractivity contribution < 1.29 is 23.5 Å². The molecule has 4 aromatic rings. The van der Waals surface area contributed by atoms with Crippen LogP contribution in [0.4, 0.5) is 27.4 Å². The molecule has 43 heavy (non-hydrogen) atoms. The number of carbonyl (C=O) groups excluding carboxylic acids is 2. The lowest BCUT2D eigenvalue weighted by Crippen LogP contribution is -2.35. The van der Waals surface area contributed by atoms with Crippen LogP contribution in [0.2, 0.25) is 0 Å². The van der Waals surface area contributed by atoms with Gasteiger partial charge in [0.15, 0.2) is 0 Å². The van der Waals surface area contributed by atoms with Crippen LogP contribution in [0, 0.1) is 12.7 Å². The van der Waals surface area contributed by atoms with Crippen molar-refractivity contribution in [2.45, 2.75) is 32.8 Å². The number of hydrogen-bond donors (Lipinski definition) is 3. The summed E-state index contributed by atoms with van der Waals surface area (Å²) < 4.78 is 26.3. The van der Waals surface area contributed by atoms with Gasteiger partial charge in [0.25, 0.3) is 5.91 Å². The molecule has 0 saturated carbocycles. The smallest absolute Gasteiger partial charge is 0.259 e. The first-order valence-electron chi connectivity index (χ1n) is 13.9. The highest BCUT2D eigenvalue weighted by molar-refractivity contribution is 6.08. The van der Waals surface area contributed by atoms with E-state index in [0.717, 1.165) is 31.5 Å². The van der Waals surface area contributed by atoms with Gasteiger partial charge in [-0.25, -0.2) is 14.4 Å². The summed E-state index contributed by atoms with van der Waals surface area (Å²) in [6.45, 7) is 5.08. The molecule has 222 valence electrons. The van der Waals surface area contributed by atoms with E-state index in [1.807, 2.05) is 19.1 Å². The fourth-order valence-corrected chi connectivity index (χ4v) is 4.69. The predicted molar refractivity (Wildman–Crippen MR) is 163 cm³/mol. The number of benzene rings is 2. The number of likely N-dealkylation sites (tertiary alicyclic amines) is 1. The lowest BCUT2D eigenvalue weighted by molar-refractivity contribution is -0.114. The number of halogens is 1. The van der Waals surface area contributed by atoms with Crippen LogP contribution in [0.3, 0.4) is 0 Å². The maximum atomic E-state index is 14.1. The van der Waals surface area contributed by atoms with Gasteiger partial charge in [-0.15, -0.1) is 0 Å². The first kappa shape index (κ1) is 29.5. The van der Waals surface area contributed by atoms with Crippen LogP contribution < -0.4 is 25.4 Å². The number of anilines is 4. The molecule has 10 nitrogen and oxygen atoms in total. The number of aryl methyl sites for hydroxylation is 1. The molecule has 3 N–H and O–H groups in total. The molecule has 2 amide bonds. The second kappa shape index (κ2) is 13.3. The van der Waals surface area contributed by atoms with E-state index in [1.165, 1.54) is 25.1 Å². The Morgan fingerprint density at radius 2 is 1.77 bits per heavy atom. The molecule has 2 aromatic carbocycles. The number of nitrogens with zero attached hydrogens (tertiary/aromatic N) is 3. The Bertz CT molecular complexity index is 1620. The molecule has 0 spiro atoms. The summed E-state index contributed by atoms with van der Waals surface area (Å²) in [5, 5.41) is 8.72.